The van der Waals surface area contributed by atoms with Crippen LogP contribution in [0.15, 0.2) is 0 Å². The average molecular weight is 256 g/mol. The molecular formula is C12H20N2O4. The van der Waals surface area contributed by atoms with Gasteiger partial charge in [0.15, 0.2) is 0 Å². The van der Waals surface area contributed by atoms with Gasteiger partial charge in [0.25, 0.3) is 0 Å². The second-order valence-corrected chi connectivity index (χ2v) is 5.36. The van der Waals surface area contributed by atoms with E-state index in [1.165, 1.54) is 0 Å². The molecule has 18 heavy (non-hydrogen) atoms. The minimum atomic E-state index is -0.822. The Morgan fingerprint density at radius 1 is 1.56 bits per heavy atom. The predicted octanol–water partition coefficient (Wildman–Crippen LogP) is -0.312. The van der Waals surface area contributed by atoms with E-state index < -0.39 is 11.4 Å². The van der Waals surface area contributed by atoms with Gasteiger partial charge >= 0.3 is 5.97 Å². The molecule has 0 spiro atoms. The van der Waals surface area contributed by atoms with Crippen molar-refractivity contribution in [3.05, 3.63) is 0 Å². The topological polar surface area (TPSA) is 78.9 Å². The number of carbonyl (C=O) groups excluding carboxylic acids is 1. The van der Waals surface area contributed by atoms with Crippen LogP contribution in [0.4, 0.5) is 0 Å². The van der Waals surface area contributed by atoms with Gasteiger partial charge in [-0.2, -0.15) is 0 Å². The number of carbonyl (C=O) groups is 2. The fourth-order valence-electron chi connectivity index (χ4n) is 2.44. The monoisotopic (exact) mass is 256 g/mol. The predicted molar refractivity (Wildman–Crippen MR) is 64.2 cm³/mol. The van der Waals surface area contributed by atoms with Crippen LogP contribution in [-0.4, -0.2) is 60.8 Å². The molecular weight excluding hydrogens is 236 g/mol. The Labute approximate surface area is 106 Å². The molecule has 0 bridgehead atoms. The maximum atomic E-state index is 12.1. The molecule has 0 aromatic carbocycles. The third-order valence-electron chi connectivity index (χ3n) is 3.76. The van der Waals surface area contributed by atoms with Gasteiger partial charge < -0.3 is 20.1 Å². The highest BCUT2D eigenvalue weighted by molar-refractivity contribution is 5.80. The first kappa shape index (κ1) is 13.3. The Kier molecular flexibility index (Phi) is 3.87. The summed E-state index contributed by atoms with van der Waals surface area (Å²) < 4.78 is 5.30. The summed E-state index contributed by atoms with van der Waals surface area (Å²) in [5, 5.41) is 12.4. The number of aliphatic carboxylic acids is 1. The Bertz CT molecular complexity index is 341. The summed E-state index contributed by atoms with van der Waals surface area (Å²) in [5.41, 5.74) is -0.786. The van der Waals surface area contributed by atoms with Gasteiger partial charge in [-0.25, -0.2) is 0 Å². The van der Waals surface area contributed by atoms with E-state index in [0.29, 0.717) is 39.1 Å². The van der Waals surface area contributed by atoms with E-state index in [2.05, 4.69) is 5.32 Å². The summed E-state index contributed by atoms with van der Waals surface area (Å²) in [7, 11) is 0. The molecule has 0 aliphatic carbocycles. The van der Waals surface area contributed by atoms with Crippen molar-refractivity contribution in [3.8, 4) is 0 Å². The van der Waals surface area contributed by atoms with Gasteiger partial charge in [-0.15, -0.1) is 0 Å². The number of hydrogen-bond acceptors (Lipinski definition) is 4. The Balaban J connectivity index is 1.85. The molecule has 2 aliphatic heterocycles. The van der Waals surface area contributed by atoms with Gasteiger partial charge in [-0.3, -0.25) is 9.59 Å². The number of likely N-dealkylation sites (tertiary alicyclic amines) is 1. The smallest absolute Gasteiger partial charge is 0.311 e. The molecule has 2 unspecified atom stereocenters. The number of carboxylic acid groups (broad SMARTS) is 1. The summed E-state index contributed by atoms with van der Waals surface area (Å²) in [6.45, 7) is 4.56. The maximum Gasteiger partial charge on any atom is 0.311 e. The molecule has 2 aliphatic rings. The van der Waals surface area contributed by atoms with Crippen molar-refractivity contribution in [2.45, 2.75) is 25.8 Å². The van der Waals surface area contributed by atoms with Crippen LogP contribution in [0, 0.1) is 5.41 Å². The Morgan fingerprint density at radius 2 is 2.33 bits per heavy atom. The van der Waals surface area contributed by atoms with Crippen molar-refractivity contribution < 1.29 is 19.4 Å². The quantitative estimate of drug-likeness (QED) is 0.724. The van der Waals surface area contributed by atoms with Crippen molar-refractivity contribution in [1.29, 1.82) is 0 Å². The van der Waals surface area contributed by atoms with E-state index in [1.54, 1.807) is 11.8 Å². The van der Waals surface area contributed by atoms with Gasteiger partial charge in [-0.1, -0.05) is 0 Å². The molecule has 2 fully saturated rings. The zero-order valence-electron chi connectivity index (χ0n) is 10.6. The largest absolute Gasteiger partial charge is 0.481 e. The SMILES string of the molecule is CC1(C(=O)O)CCN(C(=O)CC2COCCN2)C1. The lowest BCUT2D eigenvalue weighted by Crippen LogP contribution is -2.45. The molecule has 2 saturated heterocycles. The van der Waals surface area contributed by atoms with Crippen LogP contribution >= 0.6 is 0 Å². The summed E-state index contributed by atoms with van der Waals surface area (Å²) in [6, 6.07) is 0.0583. The highest BCUT2D eigenvalue weighted by Crippen LogP contribution is 2.30. The van der Waals surface area contributed by atoms with E-state index >= 15 is 0 Å². The number of morpholine rings is 1. The molecule has 2 heterocycles. The number of ether oxygens (including phenoxy) is 1. The van der Waals surface area contributed by atoms with Crippen molar-refractivity contribution in [2.24, 2.45) is 5.41 Å². The van der Waals surface area contributed by atoms with Gasteiger partial charge in [0, 0.05) is 32.1 Å². The summed E-state index contributed by atoms with van der Waals surface area (Å²) in [4.78, 5) is 24.8. The Hall–Kier alpha value is -1.14. The zero-order valence-corrected chi connectivity index (χ0v) is 10.6. The zero-order chi connectivity index (χ0) is 13.2. The second kappa shape index (κ2) is 5.24. The average Bonchev–Trinajstić information content (AvgIpc) is 2.75. The maximum absolute atomic E-state index is 12.1. The first-order chi connectivity index (χ1) is 8.51. The third-order valence-corrected chi connectivity index (χ3v) is 3.76. The fourth-order valence-corrected chi connectivity index (χ4v) is 2.44. The number of rotatable bonds is 3. The molecule has 102 valence electrons. The normalized spacial score (nSPS) is 32.5. The number of nitrogens with one attached hydrogen (secondary N) is 1. The minimum Gasteiger partial charge on any atom is -0.481 e. The van der Waals surface area contributed by atoms with E-state index in [4.69, 9.17) is 9.84 Å². The van der Waals surface area contributed by atoms with Crippen molar-refractivity contribution in [1.82, 2.24) is 10.2 Å². The molecule has 2 atom stereocenters. The number of amides is 1. The Morgan fingerprint density at radius 3 is 2.89 bits per heavy atom. The fraction of sp³-hybridized carbons (Fsp3) is 0.833. The van der Waals surface area contributed by atoms with E-state index in [9.17, 15) is 9.59 Å². The van der Waals surface area contributed by atoms with Crippen LogP contribution in [0.2, 0.25) is 0 Å². The molecule has 1 amide bonds. The first-order valence-electron chi connectivity index (χ1n) is 6.33. The lowest BCUT2D eigenvalue weighted by atomic mass is 9.90. The molecule has 2 N–H and O–H groups in total. The van der Waals surface area contributed by atoms with Gasteiger partial charge in [-0.05, 0) is 13.3 Å². The molecule has 6 heteroatoms. The van der Waals surface area contributed by atoms with Gasteiger partial charge in [0.1, 0.15) is 0 Å². The van der Waals surface area contributed by atoms with Crippen LogP contribution in [0.1, 0.15) is 19.8 Å². The highest BCUT2D eigenvalue weighted by Gasteiger charge is 2.42. The van der Waals surface area contributed by atoms with Crippen molar-refractivity contribution in [2.75, 3.05) is 32.8 Å². The summed E-state index contributed by atoms with van der Waals surface area (Å²) in [5.74, 6) is -0.806. The van der Waals surface area contributed by atoms with Crippen LogP contribution < -0.4 is 5.32 Å². The van der Waals surface area contributed by atoms with Crippen molar-refractivity contribution in [3.63, 3.8) is 0 Å². The molecule has 0 radical (unpaired) electrons. The molecule has 0 aromatic rings. The van der Waals surface area contributed by atoms with Crippen LogP contribution in [0.25, 0.3) is 0 Å². The number of carboxylic acids is 1. The lowest BCUT2D eigenvalue weighted by molar-refractivity contribution is -0.147. The van der Waals surface area contributed by atoms with Gasteiger partial charge in [0.05, 0.1) is 18.6 Å². The molecule has 0 saturated carbocycles. The van der Waals surface area contributed by atoms with Crippen LogP contribution in [0.3, 0.4) is 0 Å². The third kappa shape index (κ3) is 2.81. The lowest BCUT2D eigenvalue weighted by Gasteiger charge is -2.26. The minimum absolute atomic E-state index is 0.0166. The molecule has 0 aromatic heterocycles. The number of nitrogens with zero attached hydrogens (tertiary/aromatic N) is 1. The summed E-state index contributed by atoms with van der Waals surface area (Å²) >= 11 is 0. The summed E-state index contributed by atoms with van der Waals surface area (Å²) in [6.07, 6.45) is 0.915. The van der Waals surface area contributed by atoms with Crippen LogP contribution in [0.5, 0.6) is 0 Å². The van der Waals surface area contributed by atoms with E-state index in [0.717, 1.165) is 6.54 Å². The molecule has 6 nitrogen and oxygen atoms in total. The van der Waals surface area contributed by atoms with Crippen LogP contribution in [-0.2, 0) is 14.3 Å². The first-order valence-corrected chi connectivity index (χ1v) is 6.33. The standard InChI is InChI=1S/C12H20N2O4/c1-12(11(16)17)2-4-14(8-12)10(15)6-9-7-18-5-3-13-9/h9,13H,2-8H2,1H3,(H,16,17). The highest BCUT2D eigenvalue weighted by atomic mass is 16.5. The number of hydrogen-bond donors (Lipinski definition) is 2. The second-order valence-electron chi connectivity index (χ2n) is 5.36. The van der Waals surface area contributed by atoms with Gasteiger partial charge in [0.2, 0.25) is 5.91 Å². The van der Waals surface area contributed by atoms with E-state index in [-0.39, 0.29) is 11.9 Å². The van der Waals surface area contributed by atoms with Crippen molar-refractivity contribution >= 4 is 11.9 Å². The molecule has 2 rings (SSSR count). The van der Waals surface area contributed by atoms with E-state index in [1.807, 2.05) is 0 Å².